The van der Waals surface area contributed by atoms with E-state index in [-0.39, 0.29) is 17.1 Å². The Balaban J connectivity index is 1.57. The minimum absolute atomic E-state index is 0.0961. The molecule has 3 atom stereocenters. The van der Waals surface area contributed by atoms with Crippen LogP contribution in [0.2, 0.25) is 0 Å². The molecule has 0 radical (unpaired) electrons. The maximum absolute atomic E-state index is 13.2. The molecule has 1 aromatic rings. The predicted molar refractivity (Wildman–Crippen MR) is 85.9 cm³/mol. The van der Waals surface area contributed by atoms with Crippen LogP contribution in [-0.2, 0) is 11.2 Å². The number of aryl methyl sites for hydroxylation is 1. The third-order valence-electron chi connectivity index (χ3n) is 6.66. The van der Waals surface area contributed by atoms with Crippen LogP contribution in [0.3, 0.4) is 0 Å². The summed E-state index contributed by atoms with van der Waals surface area (Å²) in [4.78, 5) is 12.3. The minimum atomic E-state index is -0.236. The number of rotatable bonds is 4. The first-order valence-corrected chi connectivity index (χ1v) is 8.37. The van der Waals surface area contributed by atoms with E-state index < -0.39 is 0 Å². The van der Waals surface area contributed by atoms with Crippen molar-refractivity contribution in [1.82, 2.24) is 5.32 Å². The average molecular weight is 303 g/mol. The van der Waals surface area contributed by atoms with Crippen LogP contribution < -0.4 is 5.32 Å². The number of carbonyl (C=O) groups is 1. The van der Waals surface area contributed by atoms with E-state index in [1.165, 1.54) is 25.0 Å². The molecule has 0 aliphatic heterocycles. The van der Waals surface area contributed by atoms with Gasteiger partial charge in [-0.3, -0.25) is 4.79 Å². The van der Waals surface area contributed by atoms with Crippen LogP contribution in [0.25, 0.3) is 0 Å². The SMILES string of the molecule is CC1(C)C2CCC1(C)C(NC(=O)CCc1cccc(F)c1)C2. The molecule has 120 valence electrons. The Labute approximate surface area is 132 Å². The molecule has 0 saturated heterocycles. The van der Waals surface area contributed by atoms with Gasteiger partial charge in [0.25, 0.3) is 0 Å². The molecule has 1 aromatic carbocycles. The molecule has 0 heterocycles. The molecule has 0 aromatic heterocycles. The fourth-order valence-corrected chi connectivity index (χ4v) is 4.64. The molecular weight excluding hydrogens is 277 g/mol. The van der Waals surface area contributed by atoms with Crippen LogP contribution >= 0.6 is 0 Å². The lowest BCUT2D eigenvalue weighted by molar-refractivity contribution is -0.122. The van der Waals surface area contributed by atoms with Gasteiger partial charge in [-0.1, -0.05) is 32.9 Å². The Morgan fingerprint density at radius 1 is 1.36 bits per heavy atom. The molecular formula is C19H26FNO. The van der Waals surface area contributed by atoms with Gasteiger partial charge in [-0.05, 0) is 60.1 Å². The van der Waals surface area contributed by atoms with Gasteiger partial charge in [0.05, 0.1) is 0 Å². The third kappa shape index (κ3) is 2.45. The first kappa shape index (κ1) is 15.5. The fraction of sp³-hybridized carbons (Fsp3) is 0.632. The molecule has 2 aliphatic carbocycles. The Kier molecular flexibility index (Phi) is 3.78. The van der Waals surface area contributed by atoms with E-state index in [9.17, 15) is 9.18 Å². The molecule has 1 amide bonds. The Morgan fingerprint density at radius 2 is 2.14 bits per heavy atom. The Morgan fingerprint density at radius 3 is 2.73 bits per heavy atom. The van der Waals surface area contributed by atoms with Crippen molar-refractivity contribution >= 4 is 5.91 Å². The largest absolute Gasteiger partial charge is 0.353 e. The molecule has 2 nitrogen and oxygen atoms in total. The summed E-state index contributed by atoms with van der Waals surface area (Å²) in [5.74, 6) is 0.588. The van der Waals surface area contributed by atoms with E-state index in [0.717, 1.165) is 17.9 Å². The zero-order chi connectivity index (χ0) is 16.0. The van der Waals surface area contributed by atoms with E-state index in [1.54, 1.807) is 6.07 Å². The van der Waals surface area contributed by atoms with E-state index >= 15 is 0 Å². The summed E-state index contributed by atoms with van der Waals surface area (Å²) in [6, 6.07) is 6.80. The van der Waals surface area contributed by atoms with Gasteiger partial charge < -0.3 is 5.32 Å². The molecule has 3 unspecified atom stereocenters. The van der Waals surface area contributed by atoms with Gasteiger partial charge in [0, 0.05) is 12.5 Å². The molecule has 0 spiro atoms. The Bertz CT molecular complexity index is 583. The van der Waals surface area contributed by atoms with Gasteiger partial charge in [-0.2, -0.15) is 0 Å². The van der Waals surface area contributed by atoms with Gasteiger partial charge in [0.2, 0.25) is 5.91 Å². The molecule has 22 heavy (non-hydrogen) atoms. The van der Waals surface area contributed by atoms with E-state index in [1.807, 2.05) is 6.07 Å². The molecule has 2 bridgehead atoms. The van der Waals surface area contributed by atoms with Crippen LogP contribution in [0.1, 0.15) is 52.0 Å². The number of fused-ring (bicyclic) bond motifs is 2. The maximum Gasteiger partial charge on any atom is 0.220 e. The lowest BCUT2D eigenvalue weighted by atomic mass is 9.69. The first-order chi connectivity index (χ1) is 10.3. The summed E-state index contributed by atoms with van der Waals surface area (Å²) in [7, 11) is 0. The van der Waals surface area contributed by atoms with Crippen molar-refractivity contribution in [3.05, 3.63) is 35.6 Å². The number of nitrogens with one attached hydrogen (secondary N) is 1. The second kappa shape index (κ2) is 5.36. The van der Waals surface area contributed by atoms with Gasteiger partial charge >= 0.3 is 0 Å². The van der Waals surface area contributed by atoms with Gasteiger partial charge in [-0.25, -0.2) is 4.39 Å². The summed E-state index contributed by atoms with van der Waals surface area (Å²) >= 11 is 0. The minimum Gasteiger partial charge on any atom is -0.353 e. The molecule has 1 N–H and O–H groups in total. The van der Waals surface area contributed by atoms with Crippen molar-refractivity contribution in [3.8, 4) is 0 Å². The van der Waals surface area contributed by atoms with Crippen molar-refractivity contribution in [3.63, 3.8) is 0 Å². The van der Waals surface area contributed by atoms with Gasteiger partial charge in [-0.15, -0.1) is 0 Å². The number of carbonyl (C=O) groups excluding carboxylic acids is 1. The van der Waals surface area contributed by atoms with Crippen LogP contribution in [-0.4, -0.2) is 11.9 Å². The molecule has 2 aliphatic rings. The van der Waals surface area contributed by atoms with Crippen molar-refractivity contribution in [2.24, 2.45) is 16.7 Å². The molecule has 2 saturated carbocycles. The van der Waals surface area contributed by atoms with Crippen molar-refractivity contribution in [1.29, 1.82) is 0 Å². The number of amides is 1. The highest BCUT2D eigenvalue weighted by molar-refractivity contribution is 5.76. The van der Waals surface area contributed by atoms with Crippen molar-refractivity contribution in [2.45, 2.75) is 58.9 Å². The quantitative estimate of drug-likeness (QED) is 0.892. The van der Waals surface area contributed by atoms with Crippen LogP contribution in [0, 0.1) is 22.6 Å². The highest BCUT2D eigenvalue weighted by Crippen LogP contribution is 2.65. The smallest absolute Gasteiger partial charge is 0.220 e. The lowest BCUT2D eigenvalue weighted by Gasteiger charge is -2.39. The Hall–Kier alpha value is -1.38. The predicted octanol–water partition coefficient (Wildman–Crippen LogP) is 4.09. The number of hydrogen-bond acceptors (Lipinski definition) is 1. The standard InChI is InChI=1S/C19H26FNO/c1-18(2)14-9-10-19(18,3)16(12-14)21-17(22)8-7-13-5-4-6-15(20)11-13/h4-6,11,14,16H,7-10,12H2,1-3H3,(H,21,22). The lowest BCUT2D eigenvalue weighted by Crippen LogP contribution is -2.46. The second-order valence-electron chi connectivity index (χ2n) is 7.86. The molecule has 3 heteroatoms. The van der Waals surface area contributed by atoms with Crippen molar-refractivity contribution in [2.75, 3.05) is 0 Å². The van der Waals surface area contributed by atoms with Crippen LogP contribution in [0.4, 0.5) is 4.39 Å². The van der Waals surface area contributed by atoms with Gasteiger partial charge in [0.15, 0.2) is 0 Å². The zero-order valence-corrected chi connectivity index (χ0v) is 13.8. The number of benzene rings is 1. The van der Waals surface area contributed by atoms with Crippen molar-refractivity contribution < 1.29 is 9.18 Å². The fourth-order valence-electron chi connectivity index (χ4n) is 4.64. The van der Waals surface area contributed by atoms with E-state index in [4.69, 9.17) is 0 Å². The highest BCUT2D eigenvalue weighted by Gasteiger charge is 2.61. The normalized spacial score (nSPS) is 32.2. The van der Waals surface area contributed by atoms with E-state index in [2.05, 4.69) is 26.1 Å². The monoisotopic (exact) mass is 303 g/mol. The van der Waals surface area contributed by atoms with Gasteiger partial charge in [0.1, 0.15) is 5.82 Å². The first-order valence-electron chi connectivity index (χ1n) is 8.37. The van der Waals surface area contributed by atoms with Crippen LogP contribution in [0.5, 0.6) is 0 Å². The number of hydrogen-bond donors (Lipinski definition) is 1. The third-order valence-corrected chi connectivity index (χ3v) is 6.66. The van der Waals surface area contributed by atoms with Crippen LogP contribution in [0.15, 0.2) is 24.3 Å². The van der Waals surface area contributed by atoms with E-state index in [0.29, 0.717) is 24.3 Å². The summed E-state index contributed by atoms with van der Waals surface area (Å²) in [6.45, 7) is 7.03. The molecule has 3 rings (SSSR count). The summed E-state index contributed by atoms with van der Waals surface area (Å²) in [5, 5.41) is 3.26. The summed E-state index contributed by atoms with van der Waals surface area (Å²) < 4.78 is 13.2. The highest BCUT2D eigenvalue weighted by atomic mass is 19.1. The summed E-state index contributed by atoms with van der Waals surface area (Å²) in [6.07, 6.45) is 4.63. The average Bonchev–Trinajstić information content (AvgIpc) is 2.78. The number of halogens is 1. The molecule has 2 fully saturated rings. The topological polar surface area (TPSA) is 29.1 Å². The summed E-state index contributed by atoms with van der Waals surface area (Å²) in [5.41, 5.74) is 1.41. The second-order valence-corrected chi connectivity index (χ2v) is 7.86. The maximum atomic E-state index is 13.2. The zero-order valence-electron chi connectivity index (χ0n) is 13.8.